The van der Waals surface area contributed by atoms with E-state index < -0.39 is 0 Å². The molecule has 0 unspecified atom stereocenters. The summed E-state index contributed by atoms with van der Waals surface area (Å²) in [5.74, 6) is 2.85. The van der Waals surface area contributed by atoms with Crippen molar-refractivity contribution in [3.8, 4) is 34.3 Å². The summed E-state index contributed by atoms with van der Waals surface area (Å²) in [6.07, 6.45) is 3.58. The molecule has 5 nitrogen and oxygen atoms in total. The van der Waals surface area contributed by atoms with Crippen molar-refractivity contribution < 1.29 is 9.47 Å². The van der Waals surface area contributed by atoms with Crippen LogP contribution >= 0.6 is 0 Å². The van der Waals surface area contributed by atoms with Gasteiger partial charge in [-0.1, -0.05) is 48.5 Å². The second kappa shape index (κ2) is 8.61. The lowest BCUT2D eigenvalue weighted by Crippen LogP contribution is -1.96. The van der Waals surface area contributed by atoms with Crippen molar-refractivity contribution >= 4 is 21.8 Å². The minimum absolute atomic E-state index is 0.496. The van der Waals surface area contributed by atoms with Crippen LogP contribution in [0.4, 0.5) is 0 Å². The van der Waals surface area contributed by atoms with Crippen molar-refractivity contribution in [1.82, 2.24) is 14.5 Å². The molecule has 5 heteroatoms. The van der Waals surface area contributed by atoms with Gasteiger partial charge in [0.1, 0.15) is 17.3 Å². The van der Waals surface area contributed by atoms with Gasteiger partial charge in [-0.25, -0.2) is 9.97 Å². The van der Waals surface area contributed by atoms with Crippen molar-refractivity contribution in [1.29, 1.82) is 0 Å². The Hall–Kier alpha value is -4.64. The summed E-state index contributed by atoms with van der Waals surface area (Å²) in [6.45, 7) is 1.95. The molecule has 0 radical (unpaired) electrons. The lowest BCUT2D eigenvalue weighted by molar-refractivity contribution is 0.402. The first kappa shape index (κ1) is 20.9. The smallest absolute Gasteiger partial charge is 0.222 e. The van der Waals surface area contributed by atoms with Gasteiger partial charge in [-0.05, 0) is 54.4 Å². The van der Waals surface area contributed by atoms with E-state index in [1.807, 2.05) is 49.5 Å². The SMILES string of the molecule is COc1cc(Oc2cccc(-c3ccc4c5ccccc5n(-c5ccccn5)c4c3)c2)ncc1C. The molecule has 0 N–H and O–H groups in total. The Morgan fingerprint density at radius 2 is 1.54 bits per heavy atom. The van der Waals surface area contributed by atoms with Gasteiger partial charge >= 0.3 is 0 Å². The van der Waals surface area contributed by atoms with Crippen molar-refractivity contribution in [2.24, 2.45) is 0 Å². The highest BCUT2D eigenvalue weighted by Gasteiger charge is 2.14. The molecule has 0 spiro atoms. The van der Waals surface area contributed by atoms with Gasteiger partial charge in [0.05, 0.1) is 18.1 Å². The van der Waals surface area contributed by atoms with E-state index >= 15 is 0 Å². The molecular formula is C30H23N3O2. The zero-order valence-corrected chi connectivity index (χ0v) is 19.5. The average molecular weight is 458 g/mol. The topological polar surface area (TPSA) is 49.2 Å². The molecule has 0 saturated heterocycles. The molecule has 0 aliphatic carbocycles. The highest BCUT2D eigenvalue weighted by molar-refractivity contribution is 6.10. The zero-order chi connectivity index (χ0) is 23.8. The van der Waals surface area contributed by atoms with Crippen LogP contribution in [-0.2, 0) is 0 Å². The fourth-order valence-electron chi connectivity index (χ4n) is 4.51. The molecule has 0 bridgehead atoms. The first-order chi connectivity index (χ1) is 17.2. The van der Waals surface area contributed by atoms with Crippen LogP contribution in [0.15, 0.2) is 103 Å². The predicted molar refractivity (Wildman–Crippen MR) is 140 cm³/mol. The van der Waals surface area contributed by atoms with Crippen molar-refractivity contribution in [2.45, 2.75) is 6.92 Å². The Morgan fingerprint density at radius 3 is 2.40 bits per heavy atom. The van der Waals surface area contributed by atoms with Gasteiger partial charge in [0, 0.05) is 34.8 Å². The second-order valence-corrected chi connectivity index (χ2v) is 8.39. The highest BCUT2D eigenvalue weighted by atomic mass is 16.5. The van der Waals surface area contributed by atoms with Crippen LogP contribution in [0.1, 0.15) is 5.56 Å². The van der Waals surface area contributed by atoms with Crippen molar-refractivity contribution in [2.75, 3.05) is 7.11 Å². The first-order valence-electron chi connectivity index (χ1n) is 11.4. The monoisotopic (exact) mass is 457 g/mol. The number of ether oxygens (including phenoxy) is 2. The molecule has 170 valence electrons. The zero-order valence-electron chi connectivity index (χ0n) is 19.5. The number of hydrogen-bond acceptors (Lipinski definition) is 4. The van der Waals surface area contributed by atoms with Gasteiger partial charge in [0.2, 0.25) is 5.88 Å². The fraction of sp³-hybridized carbons (Fsp3) is 0.0667. The predicted octanol–water partition coefficient (Wildman–Crippen LogP) is 7.35. The molecule has 6 aromatic rings. The Kier molecular flexibility index (Phi) is 5.15. The molecule has 0 fully saturated rings. The second-order valence-electron chi connectivity index (χ2n) is 8.39. The summed E-state index contributed by atoms with van der Waals surface area (Å²) in [4.78, 5) is 9.01. The minimum atomic E-state index is 0.496. The third-order valence-corrected chi connectivity index (χ3v) is 6.19. The quantitative estimate of drug-likeness (QED) is 0.272. The third-order valence-electron chi connectivity index (χ3n) is 6.19. The maximum atomic E-state index is 6.06. The van der Waals surface area contributed by atoms with E-state index in [-0.39, 0.29) is 0 Å². The lowest BCUT2D eigenvalue weighted by atomic mass is 10.0. The third kappa shape index (κ3) is 3.77. The van der Waals surface area contributed by atoms with Crippen molar-refractivity contribution in [3.63, 3.8) is 0 Å². The minimum Gasteiger partial charge on any atom is -0.496 e. The standard InChI is InChI=1S/C30H23N3O2/c1-20-19-32-30(18-28(20)34-2)35-23-9-7-8-21(16-23)22-13-14-25-24-10-3-4-11-26(24)33(27(25)17-22)29-12-5-6-15-31-29/h3-19H,1-2H3. The number of hydrogen-bond donors (Lipinski definition) is 0. The first-order valence-corrected chi connectivity index (χ1v) is 11.4. The van der Waals surface area contributed by atoms with Crippen LogP contribution in [-0.4, -0.2) is 21.6 Å². The van der Waals surface area contributed by atoms with Gasteiger partial charge < -0.3 is 9.47 Å². The van der Waals surface area contributed by atoms with Crippen LogP contribution in [0, 0.1) is 6.92 Å². The van der Waals surface area contributed by atoms with Gasteiger partial charge in [-0.3, -0.25) is 4.57 Å². The molecule has 0 saturated carbocycles. The number of methoxy groups -OCH3 is 1. The Morgan fingerprint density at radius 1 is 0.714 bits per heavy atom. The van der Waals surface area contributed by atoms with Crippen molar-refractivity contribution in [3.05, 3.63) is 109 Å². The average Bonchev–Trinajstić information content (AvgIpc) is 3.24. The number of aryl methyl sites for hydroxylation is 1. The van der Waals surface area contributed by atoms with Gasteiger partial charge in [0.15, 0.2) is 0 Å². The molecular weight excluding hydrogens is 434 g/mol. The van der Waals surface area contributed by atoms with Gasteiger partial charge in [0.25, 0.3) is 0 Å². The van der Waals surface area contributed by atoms with Crippen LogP contribution < -0.4 is 9.47 Å². The van der Waals surface area contributed by atoms with E-state index in [2.05, 4.69) is 63.1 Å². The van der Waals surface area contributed by atoms with E-state index in [1.165, 1.54) is 10.8 Å². The van der Waals surface area contributed by atoms with Crippen LogP contribution in [0.5, 0.6) is 17.4 Å². The fourth-order valence-corrected chi connectivity index (χ4v) is 4.51. The Bertz CT molecular complexity index is 1670. The maximum Gasteiger partial charge on any atom is 0.222 e. The number of benzene rings is 3. The number of para-hydroxylation sites is 1. The van der Waals surface area contributed by atoms with E-state index in [0.29, 0.717) is 11.6 Å². The van der Waals surface area contributed by atoms with E-state index in [4.69, 9.17) is 9.47 Å². The largest absolute Gasteiger partial charge is 0.496 e. The normalized spacial score (nSPS) is 11.1. The molecule has 0 atom stereocenters. The Balaban J connectivity index is 1.45. The number of pyridine rings is 2. The molecule has 6 rings (SSSR count). The Labute approximate surface area is 203 Å². The molecule has 3 aromatic heterocycles. The molecule has 0 aliphatic heterocycles. The summed E-state index contributed by atoms with van der Waals surface area (Å²) in [7, 11) is 1.65. The number of fused-ring (bicyclic) bond motifs is 3. The molecule has 0 aliphatic rings. The number of rotatable bonds is 5. The summed E-state index contributed by atoms with van der Waals surface area (Å²) in [5, 5.41) is 2.40. The molecule has 3 heterocycles. The summed E-state index contributed by atoms with van der Waals surface area (Å²) in [6, 6.07) is 30.8. The number of nitrogens with zero attached hydrogens (tertiary/aromatic N) is 3. The molecule has 0 amide bonds. The summed E-state index contributed by atoms with van der Waals surface area (Å²) >= 11 is 0. The maximum absolute atomic E-state index is 6.06. The van der Waals surface area contributed by atoms with Crippen LogP contribution in [0.2, 0.25) is 0 Å². The van der Waals surface area contributed by atoms with Gasteiger partial charge in [-0.2, -0.15) is 0 Å². The van der Waals surface area contributed by atoms with E-state index in [1.54, 1.807) is 19.4 Å². The molecule has 3 aromatic carbocycles. The number of aromatic nitrogens is 3. The van der Waals surface area contributed by atoms with Gasteiger partial charge in [-0.15, -0.1) is 0 Å². The van der Waals surface area contributed by atoms with E-state index in [0.717, 1.165) is 39.3 Å². The van der Waals surface area contributed by atoms with Crippen LogP contribution in [0.3, 0.4) is 0 Å². The van der Waals surface area contributed by atoms with Crippen LogP contribution in [0.25, 0.3) is 38.8 Å². The van der Waals surface area contributed by atoms with E-state index in [9.17, 15) is 0 Å². The highest BCUT2D eigenvalue weighted by Crippen LogP contribution is 2.35. The lowest BCUT2D eigenvalue weighted by Gasteiger charge is -2.10. The summed E-state index contributed by atoms with van der Waals surface area (Å²) in [5.41, 5.74) is 5.36. The summed E-state index contributed by atoms with van der Waals surface area (Å²) < 4.78 is 13.7. The molecule has 35 heavy (non-hydrogen) atoms.